The molecule has 2 aromatic carbocycles. The minimum atomic E-state index is -0.749. The zero-order chi connectivity index (χ0) is 50.6. The summed E-state index contributed by atoms with van der Waals surface area (Å²) in [6, 6.07) is 9.26. The van der Waals surface area contributed by atoms with Crippen LogP contribution in [0.3, 0.4) is 0 Å². The highest BCUT2D eigenvalue weighted by atomic mass is 32.1. The number of nitrogens with one attached hydrogen (secondary N) is 2. The van der Waals surface area contributed by atoms with Gasteiger partial charge >= 0.3 is 0 Å². The van der Waals surface area contributed by atoms with Crippen molar-refractivity contribution in [2.75, 3.05) is 44.5 Å². The van der Waals surface area contributed by atoms with Gasteiger partial charge in [0, 0.05) is 70.2 Å². The second-order valence-electron chi connectivity index (χ2n) is 16.5. The van der Waals surface area contributed by atoms with E-state index in [0.717, 1.165) is 4.90 Å². The number of imidazole rings is 2. The Bertz CT molecular complexity index is 3090. The Morgan fingerprint density at radius 3 is 2.04 bits per heavy atom. The maximum absolute atomic E-state index is 13.9. The van der Waals surface area contributed by atoms with Crippen molar-refractivity contribution in [1.82, 2.24) is 38.7 Å². The summed E-state index contributed by atoms with van der Waals surface area (Å²) in [7, 11) is 3.04. The van der Waals surface area contributed by atoms with Crippen LogP contribution < -0.4 is 31.6 Å². The molecule has 6 aromatic rings. The molecule has 1 aliphatic heterocycles. The van der Waals surface area contributed by atoms with E-state index in [0.29, 0.717) is 64.4 Å². The molecule has 0 spiro atoms. The highest BCUT2D eigenvalue weighted by Crippen LogP contribution is 2.33. The van der Waals surface area contributed by atoms with Crippen molar-refractivity contribution in [3.05, 3.63) is 88.1 Å². The number of hydrogen-bond acceptors (Lipinski definition) is 14. The number of nitrogens with two attached hydrogens (primary N) is 2. The van der Waals surface area contributed by atoms with Crippen molar-refractivity contribution < 1.29 is 47.5 Å². The van der Waals surface area contributed by atoms with Gasteiger partial charge < -0.3 is 39.4 Å². The predicted octanol–water partition coefficient (Wildman–Crippen LogP) is 4.02. The number of ether oxygens (including phenoxy) is 2. The molecule has 1 fully saturated rings. The van der Waals surface area contributed by atoms with Gasteiger partial charge in [0.05, 0.1) is 41.3 Å². The molecule has 368 valence electrons. The van der Waals surface area contributed by atoms with Crippen LogP contribution in [0, 0.1) is 13.8 Å². The number of hydrogen-bond donors (Lipinski definition) is 5. The molecule has 0 radical (unpaired) electrons. The van der Waals surface area contributed by atoms with Crippen LogP contribution in [0.1, 0.15) is 91.9 Å². The van der Waals surface area contributed by atoms with E-state index < -0.39 is 34.8 Å². The Labute approximate surface area is 406 Å². The molecule has 6 N–H and O–H groups in total. The van der Waals surface area contributed by atoms with Gasteiger partial charge in [-0.25, -0.2) is 9.97 Å². The molecular formula is C47H54N12O10S. The molecule has 0 saturated carbocycles. The fraction of sp³-hybridized carbons (Fsp3) is 0.362. The number of thiol groups is 1. The lowest BCUT2D eigenvalue weighted by atomic mass is 10.1. The van der Waals surface area contributed by atoms with E-state index in [9.17, 15) is 33.6 Å². The number of methoxy groups -OCH3 is 1. The summed E-state index contributed by atoms with van der Waals surface area (Å²) in [5.41, 5.74) is 14.4. The molecule has 1 atom stereocenters. The molecule has 0 aliphatic carbocycles. The number of benzene rings is 2. The third-order valence-electron chi connectivity index (χ3n) is 11.6. The van der Waals surface area contributed by atoms with E-state index in [-0.39, 0.29) is 97.5 Å². The lowest BCUT2D eigenvalue weighted by molar-refractivity contribution is -0.139. The number of nitrogens with zero attached hydrogens (tertiary/aromatic N) is 8. The first-order valence-electron chi connectivity index (χ1n) is 22.4. The van der Waals surface area contributed by atoms with Gasteiger partial charge in [0.25, 0.3) is 11.8 Å². The first-order valence-corrected chi connectivity index (χ1v) is 23.0. The normalized spacial score (nSPS) is 13.8. The van der Waals surface area contributed by atoms with E-state index >= 15 is 0 Å². The van der Waals surface area contributed by atoms with Crippen molar-refractivity contribution in [3.63, 3.8) is 0 Å². The smallest absolute Gasteiger partial charge is 0.276 e. The number of furan rings is 1. The van der Waals surface area contributed by atoms with Gasteiger partial charge in [0.1, 0.15) is 39.7 Å². The minimum absolute atomic E-state index is 0.00400. The minimum Gasteiger partial charge on any atom is -0.494 e. The van der Waals surface area contributed by atoms with Gasteiger partial charge in [0.2, 0.25) is 41.4 Å². The summed E-state index contributed by atoms with van der Waals surface area (Å²) >= 11 is 4.14. The molecule has 7 rings (SSSR count). The highest BCUT2D eigenvalue weighted by molar-refractivity contribution is 7.81. The summed E-state index contributed by atoms with van der Waals surface area (Å²) in [4.78, 5) is 102. The topological polar surface area (TPSA) is 287 Å². The predicted molar refractivity (Wildman–Crippen MR) is 260 cm³/mol. The Morgan fingerprint density at radius 1 is 0.886 bits per heavy atom. The van der Waals surface area contributed by atoms with E-state index in [1.165, 1.54) is 36.3 Å². The molecule has 70 heavy (non-hydrogen) atoms. The number of primary amides is 2. The summed E-state index contributed by atoms with van der Waals surface area (Å²) in [5.74, 6) is -1.72. The molecule has 1 unspecified atom stereocenters. The van der Waals surface area contributed by atoms with E-state index in [4.69, 9.17) is 30.3 Å². The van der Waals surface area contributed by atoms with Gasteiger partial charge in [-0.05, 0) is 63.6 Å². The van der Waals surface area contributed by atoms with Crippen molar-refractivity contribution in [2.24, 2.45) is 11.5 Å². The van der Waals surface area contributed by atoms with Crippen LogP contribution in [0.5, 0.6) is 11.5 Å². The van der Waals surface area contributed by atoms with Crippen LogP contribution in [0.4, 0.5) is 11.9 Å². The number of carbonyl (C=O) groups is 7. The van der Waals surface area contributed by atoms with Crippen molar-refractivity contribution >= 4 is 87.9 Å². The lowest BCUT2D eigenvalue weighted by Gasteiger charge is -2.20. The zero-order valence-electron chi connectivity index (χ0n) is 39.5. The fourth-order valence-corrected chi connectivity index (χ4v) is 8.44. The molecule has 22 nitrogen and oxygen atoms in total. The number of imide groups is 1. The number of rotatable bonds is 21. The quantitative estimate of drug-likeness (QED) is 0.0295. The van der Waals surface area contributed by atoms with Gasteiger partial charge in [-0.1, -0.05) is 19.1 Å². The molecular weight excluding hydrogens is 925 g/mol. The molecule has 1 aliphatic rings. The molecule has 23 heteroatoms. The van der Waals surface area contributed by atoms with Crippen molar-refractivity contribution in [1.29, 1.82) is 0 Å². The van der Waals surface area contributed by atoms with Crippen LogP contribution in [-0.4, -0.2) is 119 Å². The second-order valence-corrected chi connectivity index (χ2v) is 17.1. The third kappa shape index (κ3) is 10.5. The Morgan fingerprint density at radius 2 is 1.49 bits per heavy atom. The van der Waals surface area contributed by atoms with E-state index in [2.05, 4.69) is 33.3 Å². The monoisotopic (exact) mass is 978 g/mol. The number of amides is 7. The van der Waals surface area contributed by atoms with Gasteiger partial charge in [0.15, 0.2) is 0 Å². The average Bonchev–Trinajstić information content (AvgIpc) is 4.13. The average molecular weight is 979 g/mol. The largest absolute Gasteiger partial charge is 0.494 e. The molecule has 7 amide bonds. The zero-order valence-corrected chi connectivity index (χ0v) is 40.4. The molecule has 5 heterocycles. The van der Waals surface area contributed by atoms with Crippen molar-refractivity contribution in [3.8, 4) is 11.5 Å². The summed E-state index contributed by atoms with van der Waals surface area (Å²) in [6.07, 6.45) is 4.31. The lowest BCUT2D eigenvalue weighted by Crippen LogP contribution is -2.36. The van der Waals surface area contributed by atoms with Crippen LogP contribution in [0.25, 0.3) is 22.1 Å². The van der Waals surface area contributed by atoms with Crippen LogP contribution in [0.2, 0.25) is 0 Å². The summed E-state index contributed by atoms with van der Waals surface area (Å²) < 4.78 is 22.7. The maximum Gasteiger partial charge on any atom is 0.276 e. The van der Waals surface area contributed by atoms with Gasteiger partial charge in [-0.15, -0.1) is 0 Å². The number of anilines is 2. The van der Waals surface area contributed by atoms with Crippen LogP contribution in [-0.2, 0) is 40.4 Å². The summed E-state index contributed by atoms with van der Waals surface area (Å²) in [5, 5.41) is 9.49. The van der Waals surface area contributed by atoms with Crippen LogP contribution in [0.15, 0.2) is 53.0 Å². The Kier molecular flexibility index (Phi) is 15.1. The van der Waals surface area contributed by atoms with Gasteiger partial charge in [-0.3, -0.25) is 53.8 Å². The van der Waals surface area contributed by atoms with E-state index in [1.807, 2.05) is 13.8 Å². The number of likely N-dealkylation sites (tertiary alicyclic amines) is 1. The number of fused-ring (bicyclic) bond motifs is 2. The third-order valence-corrected chi connectivity index (χ3v) is 12.0. The molecule has 4 aromatic heterocycles. The SMILES string of the molecule is CCc1oc(C)cc1C(=O)Nc1nc2cc(C(N)=O)cc(OCCCN(C)C(=O)CCN3C(=O)CC(S)C3=O)c2n1C/C=C/Cn1c(NC(=O)c2cc(C)nn2CC)nc2cc(C(N)=O)cc(OC)c21. The Hall–Kier alpha value is -7.95. The van der Waals surface area contributed by atoms with E-state index in [1.54, 1.807) is 59.0 Å². The second kappa shape index (κ2) is 21.1. The van der Waals surface area contributed by atoms with Crippen LogP contribution >= 0.6 is 12.6 Å². The van der Waals surface area contributed by atoms with Gasteiger partial charge in [-0.2, -0.15) is 17.7 Å². The molecule has 1 saturated heterocycles. The fourth-order valence-electron chi connectivity index (χ4n) is 8.14. The summed E-state index contributed by atoms with van der Waals surface area (Å²) in [6.45, 7) is 8.15. The Balaban J connectivity index is 1.19. The number of allylic oxidation sites excluding steroid dienone is 2. The first kappa shape index (κ1) is 49.9. The number of aromatic nitrogens is 6. The number of aryl methyl sites for hydroxylation is 4. The maximum atomic E-state index is 13.9. The molecule has 0 bridgehead atoms. The van der Waals surface area contributed by atoms with Crippen molar-refractivity contribution in [2.45, 2.75) is 78.3 Å². The standard InChI is InChI=1S/C47H54N12O10S/c1-7-33-29(19-26(4)69-33)43(64)52-46-51-31-21-28(42(49)63)23-35(68-17-11-13-55(5)37(60)12-16-56-38(61)24-36(70)45(56)66)40(31)58(46)15-10-9-14-57-39-30(20-27(41(48)62)22-34(39)67-6)50-47(57)53-44(65)32-18-25(3)54-59(32)8-2/h9-10,18-23,36,70H,7-8,11-17,24H2,1-6H3,(H2,48,62)(H2,49,63)(H,50,53,65)(H,51,52,64)/b10-9+. The highest BCUT2D eigenvalue weighted by Gasteiger charge is 2.36. The first-order chi connectivity index (χ1) is 33.4. The number of carbonyl (C=O) groups excluding carboxylic acids is 7.